The Labute approximate surface area is 114 Å². The van der Waals surface area contributed by atoms with Crippen LogP contribution < -0.4 is 10.0 Å². The van der Waals surface area contributed by atoms with Crippen LogP contribution >= 0.6 is 0 Å². The predicted molar refractivity (Wildman–Crippen MR) is 74.7 cm³/mol. The first kappa shape index (κ1) is 15.7. The van der Waals surface area contributed by atoms with Crippen molar-refractivity contribution in [3.63, 3.8) is 0 Å². The first-order valence-electron chi connectivity index (χ1n) is 6.31. The van der Waals surface area contributed by atoms with Gasteiger partial charge in [-0.15, -0.1) is 0 Å². The fraction of sp³-hybridized carbons (Fsp3) is 0.462. The van der Waals surface area contributed by atoms with Crippen LogP contribution in [0, 0.1) is 6.92 Å². The van der Waals surface area contributed by atoms with E-state index in [1.54, 1.807) is 13.0 Å². The van der Waals surface area contributed by atoms with Crippen molar-refractivity contribution < 1.29 is 13.2 Å². The molecule has 0 aliphatic heterocycles. The SMILES string of the molecule is CCCNS(=O)(=O)c1ccc(C)c(C(=O)NCC)c1. The molecule has 0 heterocycles. The summed E-state index contributed by atoms with van der Waals surface area (Å²) in [7, 11) is -3.54. The molecule has 1 aromatic rings. The minimum Gasteiger partial charge on any atom is -0.352 e. The van der Waals surface area contributed by atoms with Crippen molar-refractivity contribution in [3.8, 4) is 0 Å². The van der Waals surface area contributed by atoms with Gasteiger partial charge in [0.25, 0.3) is 5.91 Å². The lowest BCUT2D eigenvalue weighted by atomic mass is 10.1. The average molecular weight is 284 g/mol. The van der Waals surface area contributed by atoms with Gasteiger partial charge in [0.15, 0.2) is 0 Å². The average Bonchev–Trinajstić information content (AvgIpc) is 2.37. The van der Waals surface area contributed by atoms with Gasteiger partial charge in [0, 0.05) is 18.7 Å². The summed E-state index contributed by atoms with van der Waals surface area (Å²) in [5.74, 6) is -0.257. The molecule has 106 valence electrons. The van der Waals surface area contributed by atoms with Crippen LogP contribution in [-0.2, 0) is 10.0 Å². The summed E-state index contributed by atoms with van der Waals surface area (Å²) in [5.41, 5.74) is 1.14. The molecule has 0 fully saturated rings. The summed E-state index contributed by atoms with van der Waals surface area (Å²) >= 11 is 0. The van der Waals surface area contributed by atoms with E-state index in [0.717, 1.165) is 5.56 Å². The molecule has 0 saturated carbocycles. The lowest BCUT2D eigenvalue weighted by Gasteiger charge is -2.10. The maximum absolute atomic E-state index is 12.0. The van der Waals surface area contributed by atoms with Crippen LogP contribution in [0.5, 0.6) is 0 Å². The van der Waals surface area contributed by atoms with Crippen molar-refractivity contribution in [2.75, 3.05) is 13.1 Å². The zero-order chi connectivity index (χ0) is 14.5. The van der Waals surface area contributed by atoms with Crippen LogP contribution in [0.2, 0.25) is 0 Å². The number of rotatable bonds is 6. The zero-order valence-electron chi connectivity index (χ0n) is 11.5. The van der Waals surface area contributed by atoms with E-state index in [-0.39, 0.29) is 10.8 Å². The molecule has 5 nitrogen and oxygen atoms in total. The lowest BCUT2D eigenvalue weighted by Crippen LogP contribution is -2.26. The van der Waals surface area contributed by atoms with E-state index < -0.39 is 10.0 Å². The van der Waals surface area contributed by atoms with Crippen molar-refractivity contribution in [1.29, 1.82) is 0 Å². The number of aryl methyl sites for hydroxylation is 1. The van der Waals surface area contributed by atoms with Crippen LogP contribution in [0.4, 0.5) is 0 Å². The van der Waals surface area contributed by atoms with Crippen LogP contribution in [0.25, 0.3) is 0 Å². The van der Waals surface area contributed by atoms with Gasteiger partial charge < -0.3 is 5.32 Å². The monoisotopic (exact) mass is 284 g/mol. The highest BCUT2D eigenvalue weighted by molar-refractivity contribution is 7.89. The van der Waals surface area contributed by atoms with Crippen LogP contribution in [0.3, 0.4) is 0 Å². The predicted octanol–water partition coefficient (Wildman–Crippen LogP) is 1.43. The molecule has 2 N–H and O–H groups in total. The number of hydrogen-bond acceptors (Lipinski definition) is 3. The number of carbonyl (C=O) groups is 1. The molecular weight excluding hydrogens is 264 g/mol. The van der Waals surface area contributed by atoms with Gasteiger partial charge in [0.1, 0.15) is 0 Å². The summed E-state index contributed by atoms with van der Waals surface area (Å²) in [6, 6.07) is 4.57. The zero-order valence-corrected chi connectivity index (χ0v) is 12.3. The number of sulfonamides is 1. The summed E-state index contributed by atoms with van der Waals surface area (Å²) in [6.07, 6.45) is 0.717. The van der Waals surface area contributed by atoms with E-state index >= 15 is 0 Å². The number of nitrogens with one attached hydrogen (secondary N) is 2. The Hall–Kier alpha value is -1.40. The number of carbonyl (C=O) groups excluding carboxylic acids is 1. The summed E-state index contributed by atoms with van der Waals surface area (Å²) in [6.45, 7) is 6.37. The van der Waals surface area contributed by atoms with Gasteiger partial charge in [-0.25, -0.2) is 13.1 Å². The second-order valence-corrected chi connectivity index (χ2v) is 6.00. The minimum absolute atomic E-state index is 0.118. The highest BCUT2D eigenvalue weighted by Gasteiger charge is 2.17. The number of benzene rings is 1. The standard InChI is InChI=1S/C13H20N2O3S/c1-4-8-15-19(17,18)11-7-6-10(3)12(9-11)13(16)14-5-2/h6-7,9,15H,4-5,8H2,1-3H3,(H,14,16). The summed E-state index contributed by atoms with van der Waals surface area (Å²) in [5, 5.41) is 2.67. The van der Waals surface area contributed by atoms with Crippen LogP contribution in [0.15, 0.2) is 23.1 Å². The Balaban J connectivity index is 3.12. The van der Waals surface area contributed by atoms with Gasteiger partial charge in [0.05, 0.1) is 4.90 Å². The number of amides is 1. The van der Waals surface area contributed by atoms with E-state index in [0.29, 0.717) is 25.1 Å². The van der Waals surface area contributed by atoms with Gasteiger partial charge >= 0.3 is 0 Å². The highest BCUT2D eigenvalue weighted by atomic mass is 32.2. The molecule has 0 saturated heterocycles. The number of hydrogen-bond donors (Lipinski definition) is 2. The fourth-order valence-electron chi connectivity index (χ4n) is 1.59. The molecule has 6 heteroatoms. The topological polar surface area (TPSA) is 75.3 Å². The van der Waals surface area contributed by atoms with Crippen molar-refractivity contribution in [2.45, 2.75) is 32.1 Å². The molecule has 0 aromatic heterocycles. The van der Waals surface area contributed by atoms with Crippen LogP contribution in [-0.4, -0.2) is 27.4 Å². The Morgan fingerprint density at radius 1 is 1.26 bits per heavy atom. The third-order valence-corrected chi connectivity index (χ3v) is 4.10. The summed E-state index contributed by atoms with van der Waals surface area (Å²) in [4.78, 5) is 12.0. The minimum atomic E-state index is -3.54. The van der Waals surface area contributed by atoms with Gasteiger partial charge in [-0.1, -0.05) is 13.0 Å². The Bertz CT molecular complexity index is 553. The molecule has 1 rings (SSSR count). The van der Waals surface area contributed by atoms with Gasteiger partial charge in [-0.2, -0.15) is 0 Å². The van der Waals surface area contributed by atoms with Crippen molar-refractivity contribution in [2.24, 2.45) is 0 Å². The van der Waals surface area contributed by atoms with Crippen LogP contribution in [0.1, 0.15) is 36.2 Å². The first-order chi connectivity index (χ1) is 8.92. The van der Waals surface area contributed by atoms with Gasteiger partial charge in [-0.3, -0.25) is 4.79 Å². The third-order valence-electron chi connectivity index (χ3n) is 2.64. The molecular formula is C13H20N2O3S. The molecule has 0 aliphatic rings. The van der Waals surface area contributed by atoms with E-state index in [4.69, 9.17) is 0 Å². The molecule has 0 bridgehead atoms. The van der Waals surface area contributed by atoms with Gasteiger partial charge in [-0.05, 0) is 38.0 Å². The van der Waals surface area contributed by atoms with Crippen molar-refractivity contribution in [3.05, 3.63) is 29.3 Å². The van der Waals surface area contributed by atoms with E-state index in [9.17, 15) is 13.2 Å². The second-order valence-electron chi connectivity index (χ2n) is 4.23. The Morgan fingerprint density at radius 3 is 2.53 bits per heavy atom. The highest BCUT2D eigenvalue weighted by Crippen LogP contribution is 2.15. The summed E-state index contributed by atoms with van der Waals surface area (Å²) < 4.78 is 26.5. The molecule has 0 radical (unpaired) electrons. The maximum atomic E-state index is 12.0. The first-order valence-corrected chi connectivity index (χ1v) is 7.79. The quantitative estimate of drug-likeness (QED) is 0.830. The molecule has 0 aliphatic carbocycles. The molecule has 0 atom stereocenters. The molecule has 1 amide bonds. The molecule has 0 spiro atoms. The van der Waals surface area contributed by atoms with Gasteiger partial charge in [0.2, 0.25) is 10.0 Å². The van der Waals surface area contributed by atoms with E-state index in [1.807, 2.05) is 13.8 Å². The van der Waals surface area contributed by atoms with Crippen molar-refractivity contribution >= 4 is 15.9 Å². The third kappa shape index (κ3) is 4.04. The molecule has 19 heavy (non-hydrogen) atoms. The molecule has 1 aromatic carbocycles. The Morgan fingerprint density at radius 2 is 1.95 bits per heavy atom. The van der Waals surface area contributed by atoms with E-state index in [1.165, 1.54) is 12.1 Å². The molecule has 0 unspecified atom stereocenters. The largest absolute Gasteiger partial charge is 0.352 e. The van der Waals surface area contributed by atoms with Crippen molar-refractivity contribution in [1.82, 2.24) is 10.0 Å². The fourth-order valence-corrected chi connectivity index (χ4v) is 2.75. The maximum Gasteiger partial charge on any atom is 0.251 e. The Kier molecular flexibility index (Phi) is 5.50. The normalized spacial score (nSPS) is 11.3. The smallest absolute Gasteiger partial charge is 0.251 e. The lowest BCUT2D eigenvalue weighted by molar-refractivity contribution is 0.0955. The second kappa shape index (κ2) is 6.68. The van der Waals surface area contributed by atoms with E-state index in [2.05, 4.69) is 10.0 Å².